The largest absolute Gasteiger partial charge is 0.387 e. The zero-order valence-corrected chi connectivity index (χ0v) is 34.2. The summed E-state index contributed by atoms with van der Waals surface area (Å²) in [5.41, 5.74) is 10.2. The molecule has 5 rings (SSSR count). The molecule has 3 aliphatic rings. The van der Waals surface area contributed by atoms with E-state index in [0.29, 0.717) is 79.9 Å². The zero-order chi connectivity index (χ0) is 43.2. The van der Waals surface area contributed by atoms with Crippen molar-refractivity contribution in [3.8, 4) is 0 Å². The maximum absolute atomic E-state index is 13.4. The highest BCUT2D eigenvalue weighted by Gasteiger charge is 2.25. The van der Waals surface area contributed by atoms with Crippen molar-refractivity contribution in [1.82, 2.24) is 30.3 Å². The first-order valence-electron chi connectivity index (χ1n) is 20.5. The zero-order valence-electron chi connectivity index (χ0n) is 34.2. The van der Waals surface area contributed by atoms with E-state index in [2.05, 4.69) is 25.9 Å². The number of aliphatic imine (C=N–C) groups is 1. The van der Waals surface area contributed by atoms with E-state index < -0.39 is 11.8 Å². The SMILES string of the molecule is CCCN(CCC)C(=O)C1=Cc2ccc(C(=O)Nc3cnc4c(c3)CN(C(=O)CNC(=O)CCC(=O)CNC(=O)CCCCCN3C(=O)C=CC3=O)CC4)cc2N=C(N)C1. The van der Waals surface area contributed by atoms with Crippen LogP contribution in [0.5, 0.6) is 0 Å². The van der Waals surface area contributed by atoms with Crippen molar-refractivity contribution in [2.75, 3.05) is 44.6 Å². The summed E-state index contributed by atoms with van der Waals surface area (Å²) < 4.78 is 0. The third-order valence-electron chi connectivity index (χ3n) is 10.2. The molecule has 5 N–H and O–H groups in total. The van der Waals surface area contributed by atoms with Crippen LogP contribution in [-0.2, 0) is 46.5 Å². The summed E-state index contributed by atoms with van der Waals surface area (Å²) in [6.07, 6.45) is 9.85. The number of imide groups is 1. The average molecular weight is 824 g/mol. The quantitative estimate of drug-likeness (QED) is 0.113. The molecule has 2 aromatic rings. The molecule has 318 valence electrons. The van der Waals surface area contributed by atoms with E-state index in [-0.39, 0.29) is 86.5 Å². The fourth-order valence-corrected chi connectivity index (χ4v) is 7.02. The number of pyridine rings is 1. The Kier molecular flexibility index (Phi) is 16.0. The number of ketones is 1. The van der Waals surface area contributed by atoms with Crippen molar-refractivity contribution >= 4 is 70.4 Å². The van der Waals surface area contributed by atoms with E-state index >= 15 is 0 Å². The van der Waals surface area contributed by atoms with Gasteiger partial charge in [0.2, 0.25) is 23.6 Å². The molecule has 60 heavy (non-hydrogen) atoms. The van der Waals surface area contributed by atoms with Crippen molar-refractivity contribution in [1.29, 1.82) is 0 Å². The van der Waals surface area contributed by atoms with Crippen molar-refractivity contribution < 1.29 is 38.4 Å². The normalized spacial score (nSPS) is 14.4. The van der Waals surface area contributed by atoms with E-state index in [9.17, 15) is 38.4 Å². The number of fused-ring (bicyclic) bond motifs is 2. The van der Waals surface area contributed by atoms with Crippen molar-refractivity contribution in [2.24, 2.45) is 10.7 Å². The lowest BCUT2D eigenvalue weighted by Gasteiger charge is -2.28. The molecule has 0 saturated carbocycles. The Morgan fingerprint density at radius 3 is 2.32 bits per heavy atom. The molecular weight excluding hydrogens is 771 g/mol. The maximum atomic E-state index is 13.4. The lowest BCUT2D eigenvalue weighted by atomic mass is 10.0. The number of hydrogen-bond donors (Lipinski definition) is 4. The Hall–Kier alpha value is -6.52. The molecule has 17 nitrogen and oxygen atoms in total. The minimum Gasteiger partial charge on any atom is -0.387 e. The second-order valence-corrected chi connectivity index (χ2v) is 14.9. The van der Waals surface area contributed by atoms with E-state index in [4.69, 9.17) is 5.73 Å². The highest BCUT2D eigenvalue weighted by molar-refractivity contribution is 6.13. The molecule has 3 aliphatic heterocycles. The smallest absolute Gasteiger partial charge is 0.255 e. The van der Waals surface area contributed by atoms with Gasteiger partial charge in [0.1, 0.15) is 5.84 Å². The number of amides is 7. The first kappa shape index (κ1) is 44.6. The molecule has 0 bridgehead atoms. The van der Waals surface area contributed by atoms with Gasteiger partial charge in [-0.05, 0) is 55.5 Å². The summed E-state index contributed by atoms with van der Waals surface area (Å²) in [6, 6.07) is 6.80. The number of nitrogens with two attached hydrogens (primary N) is 1. The number of benzene rings is 1. The molecule has 0 aliphatic carbocycles. The van der Waals surface area contributed by atoms with E-state index in [1.54, 1.807) is 41.4 Å². The molecule has 0 atom stereocenters. The molecule has 0 saturated heterocycles. The lowest BCUT2D eigenvalue weighted by molar-refractivity contribution is -0.137. The fourth-order valence-electron chi connectivity index (χ4n) is 7.02. The highest BCUT2D eigenvalue weighted by Crippen LogP contribution is 2.29. The number of carbonyl (C=O) groups excluding carboxylic acids is 8. The van der Waals surface area contributed by atoms with Gasteiger partial charge in [-0.3, -0.25) is 48.2 Å². The molecule has 0 spiro atoms. The number of anilines is 1. The number of aromatic nitrogens is 1. The summed E-state index contributed by atoms with van der Waals surface area (Å²) in [5, 5.41) is 7.98. The summed E-state index contributed by atoms with van der Waals surface area (Å²) >= 11 is 0. The number of nitrogens with one attached hydrogen (secondary N) is 3. The minimum absolute atomic E-state index is 0.0739. The van der Waals surface area contributed by atoms with Crippen LogP contribution in [0.3, 0.4) is 0 Å². The van der Waals surface area contributed by atoms with Crippen LogP contribution in [0.1, 0.15) is 98.8 Å². The van der Waals surface area contributed by atoms with Crippen LogP contribution >= 0.6 is 0 Å². The van der Waals surface area contributed by atoms with Crippen LogP contribution in [-0.4, -0.2) is 112 Å². The van der Waals surface area contributed by atoms with Crippen molar-refractivity contribution in [3.05, 3.63) is 70.6 Å². The molecule has 1 aromatic carbocycles. The van der Waals surface area contributed by atoms with Gasteiger partial charge < -0.3 is 31.5 Å². The van der Waals surface area contributed by atoms with Gasteiger partial charge in [0.15, 0.2) is 5.78 Å². The monoisotopic (exact) mass is 823 g/mol. The van der Waals surface area contributed by atoms with Gasteiger partial charge in [-0.15, -0.1) is 0 Å². The van der Waals surface area contributed by atoms with Crippen LogP contribution in [0, 0.1) is 0 Å². The van der Waals surface area contributed by atoms with E-state index in [0.717, 1.165) is 29.0 Å². The van der Waals surface area contributed by atoms with E-state index in [1.807, 2.05) is 18.7 Å². The number of Topliss-reactive ketones (excluding diaryl/α,β-unsaturated/α-hetero) is 1. The summed E-state index contributed by atoms with van der Waals surface area (Å²) in [6.45, 7) is 5.79. The van der Waals surface area contributed by atoms with Gasteiger partial charge in [-0.2, -0.15) is 0 Å². The molecule has 1 aromatic heterocycles. The number of amidine groups is 1. The second-order valence-electron chi connectivity index (χ2n) is 14.9. The van der Waals surface area contributed by atoms with Gasteiger partial charge in [0, 0.05) is 99.4 Å². The third kappa shape index (κ3) is 12.5. The van der Waals surface area contributed by atoms with Gasteiger partial charge in [-0.1, -0.05) is 26.3 Å². The summed E-state index contributed by atoms with van der Waals surface area (Å²) in [7, 11) is 0. The van der Waals surface area contributed by atoms with Crippen LogP contribution in [0.4, 0.5) is 11.4 Å². The first-order chi connectivity index (χ1) is 28.8. The molecule has 4 heterocycles. The van der Waals surface area contributed by atoms with Crippen LogP contribution in [0.15, 0.2) is 53.2 Å². The maximum Gasteiger partial charge on any atom is 0.255 e. The third-order valence-corrected chi connectivity index (χ3v) is 10.2. The first-order valence-corrected chi connectivity index (χ1v) is 20.5. The fraction of sp³-hybridized carbons (Fsp3) is 0.442. The Morgan fingerprint density at radius 2 is 1.58 bits per heavy atom. The predicted octanol–water partition coefficient (Wildman–Crippen LogP) is 2.71. The number of unbranched alkanes of at least 4 members (excludes halogenated alkanes) is 2. The number of nitrogens with zero attached hydrogens (tertiary/aromatic N) is 5. The van der Waals surface area contributed by atoms with Crippen LogP contribution in [0.2, 0.25) is 0 Å². The van der Waals surface area contributed by atoms with Gasteiger partial charge in [0.05, 0.1) is 30.7 Å². The van der Waals surface area contributed by atoms with Crippen molar-refractivity contribution in [2.45, 2.75) is 84.6 Å². The second kappa shape index (κ2) is 21.5. The topological polar surface area (TPSA) is 234 Å². The number of hydrogen-bond acceptors (Lipinski definition) is 11. The van der Waals surface area contributed by atoms with Crippen LogP contribution < -0.4 is 21.7 Å². The molecule has 0 fully saturated rings. The van der Waals surface area contributed by atoms with Gasteiger partial charge >= 0.3 is 0 Å². The Morgan fingerprint density at radius 1 is 0.867 bits per heavy atom. The molecule has 0 radical (unpaired) electrons. The Bertz CT molecular complexity index is 2090. The summed E-state index contributed by atoms with van der Waals surface area (Å²) in [4.78, 5) is 113. The molecule has 7 amide bonds. The highest BCUT2D eigenvalue weighted by atomic mass is 16.2. The summed E-state index contributed by atoms with van der Waals surface area (Å²) in [5.74, 6) is -2.30. The number of rotatable bonds is 20. The Balaban J connectivity index is 1.03. The average Bonchev–Trinajstić information content (AvgIpc) is 3.44. The molecular formula is C43H53N9O8. The standard InChI is InChI=1S/C43H53N9O8/c1-3-16-50(17-4-2)43(60)30-20-28-9-10-29(22-35(28)49-36(44)23-30)42(59)48-32-21-31-27-51(19-15-34(31)45-24-32)41(58)26-47-38(55)12-11-33(53)25-46-37(54)8-6-5-7-18-52-39(56)13-14-40(52)57/h9-10,13-14,20-22,24H,3-8,11-12,15-19,23,25-27H2,1-2H3,(H2,44,49)(H,46,54)(H,47,55)(H,48,59). The molecule has 0 unspecified atom stereocenters. The molecule has 17 heteroatoms. The van der Waals surface area contributed by atoms with E-state index in [1.165, 1.54) is 12.2 Å². The van der Waals surface area contributed by atoms with Crippen molar-refractivity contribution in [3.63, 3.8) is 0 Å². The van der Waals surface area contributed by atoms with Crippen LogP contribution in [0.25, 0.3) is 6.08 Å². The van der Waals surface area contributed by atoms with Gasteiger partial charge in [-0.25, -0.2) is 4.99 Å². The predicted molar refractivity (Wildman–Crippen MR) is 223 cm³/mol. The lowest BCUT2D eigenvalue weighted by Crippen LogP contribution is -2.42. The number of carbonyl (C=O) groups is 8. The minimum atomic E-state index is -0.473. The van der Waals surface area contributed by atoms with Gasteiger partial charge in [0.25, 0.3) is 17.7 Å². The Labute approximate surface area is 348 Å².